The van der Waals surface area contributed by atoms with E-state index in [-0.39, 0.29) is 0 Å². The van der Waals surface area contributed by atoms with E-state index in [2.05, 4.69) is 48.5 Å². The summed E-state index contributed by atoms with van der Waals surface area (Å²) in [6.45, 7) is 6.83. The molecule has 0 bridgehead atoms. The Morgan fingerprint density at radius 3 is 2.95 bits per heavy atom. The number of anilines is 1. The second-order valence-electron chi connectivity index (χ2n) is 5.64. The molecule has 1 aliphatic heterocycles. The van der Waals surface area contributed by atoms with Crippen molar-refractivity contribution in [3.05, 3.63) is 30.2 Å². The third-order valence-corrected chi connectivity index (χ3v) is 3.93. The van der Waals surface area contributed by atoms with Crippen molar-refractivity contribution in [2.45, 2.75) is 32.9 Å². The fourth-order valence-electron chi connectivity index (χ4n) is 2.90. The second kappa shape index (κ2) is 4.54. The lowest BCUT2D eigenvalue weighted by molar-refractivity contribution is 0.530. The van der Waals surface area contributed by atoms with Gasteiger partial charge in [0.25, 0.3) is 0 Å². The lowest BCUT2D eigenvalue weighted by Crippen LogP contribution is -2.35. The van der Waals surface area contributed by atoms with Gasteiger partial charge in [-0.1, -0.05) is 13.8 Å². The molecule has 108 valence electrons. The van der Waals surface area contributed by atoms with Gasteiger partial charge in [0.15, 0.2) is 5.82 Å². The molecule has 7 nitrogen and oxygen atoms in total. The van der Waals surface area contributed by atoms with E-state index in [1.54, 1.807) is 6.33 Å². The first kappa shape index (κ1) is 12.3. The van der Waals surface area contributed by atoms with Crippen LogP contribution in [0.3, 0.4) is 0 Å². The van der Waals surface area contributed by atoms with E-state index in [1.807, 2.05) is 12.3 Å². The van der Waals surface area contributed by atoms with Crippen LogP contribution in [0, 0.1) is 0 Å². The van der Waals surface area contributed by atoms with Gasteiger partial charge >= 0.3 is 0 Å². The zero-order chi connectivity index (χ0) is 14.4. The maximum atomic E-state index is 4.45. The number of aromatic nitrogens is 6. The zero-order valence-corrected chi connectivity index (χ0v) is 12.1. The summed E-state index contributed by atoms with van der Waals surface area (Å²) in [6, 6.07) is 2.02. The van der Waals surface area contributed by atoms with Gasteiger partial charge in [0.05, 0.1) is 11.9 Å². The van der Waals surface area contributed by atoms with Crippen LogP contribution in [0.2, 0.25) is 0 Å². The van der Waals surface area contributed by atoms with Crippen LogP contribution < -0.4 is 4.90 Å². The summed E-state index contributed by atoms with van der Waals surface area (Å²) >= 11 is 0. The molecular formula is C14H17N7. The van der Waals surface area contributed by atoms with Gasteiger partial charge in [-0.2, -0.15) is 0 Å². The molecule has 0 radical (unpaired) electrons. The van der Waals surface area contributed by atoms with E-state index in [0.717, 1.165) is 48.1 Å². The Morgan fingerprint density at radius 2 is 2.10 bits per heavy atom. The first-order valence-electron chi connectivity index (χ1n) is 7.19. The molecule has 21 heavy (non-hydrogen) atoms. The Hall–Kier alpha value is -2.44. The minimum absolute atomic E-state index is 0.397. The Morgan fingerprint density at radius 1 is 1.19 bits per heavy atom. The largest absolute Gasteiger partial charge is 0.347 e. The van der Waals surface area contributed by atoms with Crippen molar-refractivity contribution in [2.24, 2.45) is 0 Å². The van der Waals surface area contributed by atoms with Gasteiger partial charge < -0.3 is 14.5 Å². The number of nitrogens with zero attached hydrogens (tertiary/aromatic N) is 6. The Labute approximate surface area is 122 Å². The van der Waals surface area contributed by atoms with Gasteiger partial charge in [0, 0.05) is 25.2 Å². The lowest BCUT2D eigenvalue weighted by Gasteiger charge is -2.29. The molecule has 1 aliphatic rings. The number of fused-ring (bicyclic) bond motifs is 2. The summed E-state index contributed by atoms with van der Waals surface area (Å²) in [6.07, 6.45) is 3.50. The van der Waals surface area contributed by atoms with Gasteiger partial charge in [-0.15, -0.1) is 10.2 Å². The minimum Gasteiger partial charge on any atom is -0.347 e. The smallest absolute Gasteiger partial charge is 0.152 e. The molecule has 0 amide bonds. The van der Waals surface area contributed by atoms with Gasteiger partial charge in [0.2, 0.25) is 0 Å². The quantitative estimate of drug-likeness (QED) is 0.774. The zero-order valence-electron chi connectivity index (χ0n) is 12.1. The number of rotatable bonds is 2. The average molecular weight is 283 g/mol. The van der Waals surface area contributed by atoms with E-state index in [4.69, 9.17) is 0 Å². The van der Waals surface area contributed by atoms with Gasteiger partial charge in [-0.05, 0) is 6.07 Å². The van der Waals surface area contributed by atoms with Crippen LogP contribution in [-0.4, -0.2) is 36.3 Å². The summed E-state index contributed by atoms with van der Waals surface area (Å²) in [7, 11) is 0. The predicted octanol–water partition coefficient (Wildman–Crippen LogP) is 1.69. The molecule has 0 spiro atoms. The molecule has 7 heteroatoms. The first-order chi connectivity index (χ1) is 10.2. The molecule has 0 atom stereocenters. The molecule has 0 saturated heterocycles. The van der Waals surface area contributed by atoms with Crippen molar-refractivity contribution >= 4 is 16.9 Å². The third-order valence-electron chi connectivity index (χ3n) is 3.93. The monoisotopic (exact) mass is 283 g/mol. The highest BCUT2D eigenvalue weighted by atomic mass is 15.4. The first-order valence-corrected chi connectivity index (χ1v) is 7.19. The molecule has 3 aromatic heterocycles. The molecular weight excluding hydrogens is 266 g/mol. The van der Waals surface area contributed by atoms with Gasteiger partial charge in [-0.3, -0.25) is 0 Å². The Kier molecular flexibility index (Phi) is 2.66. The van der Waals surface area contributed by atoms with Crippen LogP contribution >= 0.6 is 0 Å². The van der Waals surface area contributed by atoms with E-state index < -0.39 is 0 Å². The lowest BCUT2D eigenvalue weighted by atomic mass is 10.2. The third kappa shape index (κ3) is 1.88. The minimum atomic E-state index is 0.397. The van der Waals surface area contributed by atoms with Crippen molar-refractivity contribution in [3.8, 4) is 0 Å². The maximum absolute atomic E-state index is 4.45. The fourth-order valence-corrected chi connectivity index (χ4v) is 2.90. The summed E-state index contributed by atoms with van der Waals surface area (Å²) in [5.41, 5.74) is 0.870. The summed E-state index contributed by atoms with van der Waals surface area (Å²) < 4.78 is 2.23. The Bertz CT molecular complexity index is 786. The number of nitrogens with one attached hydrogen (secondary N) is 1. The summed E-state index contributed by atoms with van der Waals surface area (Å²) in [5.74, 6) is 3.43. The van der Waals surface area contributed by atoms with Crippen LogP contribution in [-0.2, 0) is 13.1 Å². The molecule has 4 heterocycles. The topological polar surface area (TPSA) is 75.5 Å². The SMILES string of the molecule is CC(C)c1nnc2n1CCN(c1ncnc3[nH]ccc13)C2. The number of hydrogen-bond donors (Lipinski definition) is 1. The molecule has 0 aromatic carbocycles. The fraction of sp³-hybridized carbons (Fsp3) is 0.429. The number of H-pyrrole nitrogens is 1. The molecule has 0 fully saturated rings. The van der Waals surface area contributed by atoms with Crippen LogP contribution in [0.15, 0.2) is 18.6 Å². The van der Waals surface area contributed by atoms with Crippen molar-refractivity contribution in [1.82, 2.24) is 29.7 Å². The van der Waals surface area contributed by atoms with E-state index in [1.165, 1.54) is 0 Å². The van der Waals surface area contributed by atoms with Gasteiger partial charge in [-0.25, -0.2) is 9.97 Å². The normalized spacial score (nSPS) is 14.9. The number of hydrogen-bond acceptors (Lipinski definition) is 5. The average Bonchev–Trinajstić information content (AvgIpc) is 3.12. The van der Waals surface area contributed by atoms with Crippen molar-refractivity contribution in [1.29, 1.82) is 0 Å². The van der Waals surface area contributed by atoms with Crippen LogP contribution in [0.1, 0.15) is 31.4 Å². The van der Waals surface area contributed by atoms with Crippen LogP contribution in [0.4, 0.5) is 5.82 Å². The molecule has 0 saturated carbocycles. The standard InChI is InChI=1S/C14H17N7/c1-9(2)13-19-18-11-7-20(5-6-21(11)13)14-10-3-4-15-12(10)16-8-17-14/h3-4,8-9H,5-7H2,1-2H3,(H,15,16,17). The summed E-state index contributed by atoms with van der Waals surface area (Å²) in [4.78, 5) is 14.1. The molecule has 4 rings (SSSR count). The van der Waals surface area contributed by atoms with Crippen molar-refractivity contribution in [3.63, 3.8) is 0 Å². The summed E-state index contributed by atoms with van der Waals surface area (Å²) in [5, 5.41) is 9.72. The predicted molar refractivity (Wildman–Crippen MR) is 79.0 cm³/mol. The number of aromatic amines is 1. The van der Waals surface area contributed by atoms with Crippen LogP contribution in [0.5, 0.6) is 0 Å². The molecule has 1 N–H and O–H groups in total. The highest BCUT2D eigenvalue weighted by Gasteiger charge is 2.24. The van der Waals surface area contributed by atoms with Crippen molar-refractivity contribution < 1.29 is 0 Å². The molecule has 0 aliphatic carbocycles. The maximum Gasteiger partial charge on any atom is 0.152 e. The van der Waals surface area contributed by atoms with E-state index in [0.29, 0.717) is 5.92 Å². The van der Waals surface area contributed by atoms with Crippen LogP contribution in [0.25, 0.3) is 11.0 Å². The molecule has 0 unspecified atom stereocenters. The molecule has 3 aromatic rings. The highest BCUT2D eigenvalue weighted by molar-refractivity contribution is 5.87. The van der Waals surface area contributed by atoms with Crippen molar-refractivity contribution in [2.75, 3.05) is 11.4 Å². The van der Waals surface area contributed by atoms with E-state index in [9.17, 15) is 0 Å². The highest BCUT2D eigenvalue weighted by Crippen LogP contribution is 2.26. The van der Waals surface area contributed by atoms with E-state index >= 15 is 0 Å². The van der Waals surface area contributed by atoms with Gasteiger partial charge in [0.1, 0.15) is 23.6 Å². The second-order valence-corrected chi connectivity index (χ2v) is 5.64. The Balaban J connectivity index is 1.71.